The van der Waals surface area contributed by atoms with Gasteiger partial charge in [0, 0.05) is 36.2 Å². The first-order chi connectivity index (χ1) is 15.5. The summed E-state index contributed by atoms with van der Waals surface area (Å²) in [6, 6.07) is 9.69. The third-order valence-corrected chi connectivity index (χ3v) is 5.74. The van der Waals surface area contributed by atoms with E-state index in [9.17, 15) is 18.3 Å². The van der Waals surface area contributed by atoms with E-state index in [2.05, 4.69) is 10.3 Å². The molecule has 0 bridgehead atoms. The van der Waals surface area contributed by atoms with E-state index < -0.39 is 17.7 Å². The largest absolute Gasteiger partial charge is 0.390 e. The highest BCUT2D eigenvalue weighted by molar-refractivity contribution is 5.82. The highest BCUT2D eigenvalue weighted by Crippen LogP contribution is 2.23. The lowest BCUT2D eigenvalue weighted by Crippen LogP contribution is -2.44. The molecule has 2 N–H and O–H groups in total. The van der Waals surface area contributed by atoms with E-state index in [1.165, 1.54) is 12.1 Å². The molecule has 4 rings (SSSR count). The lowest BCUT2D eigenvalue weighted by Gasteiger charge is -2.32. The normalized spacial score (nSPS) is 20.1. The highest BCUT2D eigenvalue weighted by atomic mass is 19.1. The molecule has 168 valence electrons. The van der Waals surface area contributed by atoms with Gasteiger partial charge < -0.3 is 15.2 Å². The van der Waals surface area contributed by atoms with E-state index in [4.69, 9.17) is 4.74 Å². The number of fused-ring (bicyclic) bond motifs is 1. The first-order valence-corrected chi connectivity index (χ1v) is 10.7. The van der Waals surface area contributed by atoms with Crippen LogP contribution in [-0.4, -0.2) is 41.5 Å². The Hall–Kier alpha value is -2.74. The van der Waals surface area contributed by atoms with Crippen LogP contribution in [0.15, 0.2) is 54.7 Å². The monoisotopic (exact) mass is 442 g/mol. The molecule has 0 spiro atoms. The number of aromatic nitrogens is 1. The maximum Gasteiger partial charge on any atom is 0.130 e. The standard InChI is InChI=1S/C25H25F3N2O2/c26-18-3-6-22(28)17(12-18)2-1-10-29-20-5-8-25(32-15-20)24(31)13-16-9-11-30-23-7-4-19(27)14-21(16)23/h1-4,6-7,9,11-12,14,20,24-25,29,31H,5,8,10,13,15H2/b2-1+/t20-,24+,25+/m1/s1. The minimum atomic E-state index is -0.708. The van der Waals surface area contributed by atoms with Gasteiger partial charge in [0.15, 0.2) is 0 Å². The molecule has 1 saturated heterocycles. The van der Waals surface area contributed by atoms with Gasteiger partial charge in [-0.2, -0.15) is 0 Å². The Morgan fingerprint density at radius 2 is 1.91 bits per heavy atom. The van der Waals surface area contributed by atoms with E-state index >= 15 is 0 Å². The van der Waals surface area contributed by atoms with E-state index in [0.717, 1.165) is 30.2 Å². The topological polar surface area (TPSA) is 54.4 Å². The molecule has 7 heteroatoms. The molecule has 1 aromatic heterocycles. The number of ether oxygens (including phenoxy) is 1. The number of benzene rings is 2. The van der Waals surface area contributed by atoms with Gasteiger partial charge in [-0.1, -0.05) is 12.2 Å². The average Bonchev–Trinajstić information content (AvgIpc) is 2.79. The Kier molecular flexibility index (Phi) is 7.19. The van der Waals surface area contributed by atoms with Crippen molar-refractivity contribution in [2.45, 2.75) is 37.5 Å². The number of aliphatic hydroxyl groups is 1. The number of hydrogen-bond donors (Lipinski definition) is 2. The van der Waals surface area contributed by atoms with Crippen LogP contribution in [0.25, 0.3) is 17.0 Å². The van der Waals surface area contributed by atoms with Gasteiger partial charge in [0.25, 0.3) is 0 Å². The Morgan fingerprint density at radius 1 is 1.09 bits per heavy atom. The van der Waals surface area contributed by atoms with Crippen LogP contribution in [0.3, 0.4) is 0 Å². The second-order valence-electron chi connectivity index (χ2n) is 8.03. The maximum atomic E-state index is 13.7. The number of nitrogens with zero attached hydrogens (tertiary/aromatic N) is 1. The molecule has 1 aliphatic heterocycles. The summed E-state index contributed by atoms with van der Waals surface area (Å²) in [5, 5.41) is 14.7. The lowest BCUT2D eigenvalue weighted by molar-refractivity contribution is -0.0711. The number of hydrogen-bond acceptors (Lipinski definition) is 4. The second kappa shape index (κ2) is 10.3. The zero-order chi connectivity index (χ0) is 22.5. The molecule has 32 heavy (non-hydrogen) atoms. The predicted octanol–water partition coefficient (Wildman–Crippen LogP) is 4.41. The summed E-state index contributed by atoms with van der Waals surface area (Å²) in [5.74, 6) is -1.28. The fourth-order valence-corrected chi connectivity index (χ4v) is 4.01. The third-order valence-electron chi connectivity index (χ3n) is 5.74. The van der Waals surface area contributed by atoms with Crippen LogP contribution in [0, 0.1) is 17.5 Å². The third kappa shape index (κ3) is 5.54. The van der Waals surface area contributed by atoms with Crippen molar-refractivity contribution in [3.8, 4) is 0 Å². The predicted molar refractivity (Wildman–Crippen MR) is 118 cm³/mol. The van der Waals surface area contributed by atoms with Crippen LogP contribution in [0.2, 0.25) is 0 Å². The first-order valence-electron chi connectivity index (χ1n) is 10.7. The SMILES string of the molecule is O[C@@H](Cc1ccnc2ccc(F)cc12)[C@@H]1CC[C@@H](NC/C=C/c2cc(F)ccc2F)CO1. The molecule has 0 radical (unpaired) electrons. The molecule has 0 unspecified atom stereocenters. The van der Waals surface area contributed by atoms with Gasteiger partial charge in [-0.25, -0.2) is 13.2 Å². The molecule has 3 atom stereocenters. The summed E-state index contributed by atoms with van der Waals surface area (Å²) in [6.07, 6.45) is 5.78. The number of pyridine rings is 1. The van der Waals surface area contributed by atoms with E-state index in [1.807, 2.05) is 0 Å². The Labute approximate surface area is 184 Å². The Balaban J connectivity index is 1.26. The van der Waals surface area contributed by atoms with Crippen LogP contribution in [-0.2, 0) is 11.2 Å². The maximum absolute atomic E-state index is 13.7. The zero-order valence-electron chi connectivity index (χ0n) is 17.5. The fraction of sp³-hybridized carbons (Fsp3) is 0.320. The molecular formula is C25H25F3N2O2. The van der Waals surface area contributed by atoms with Gasteiger partial charge in [-0.15, -0.1) is 0 Å². The smallest absolute Gasteiger partial charge is 0.130 e. The molecule has 2 heterocycles. The summed E-state index contributed by atoms with van der Waals surface area (Å²) in [4.78, 5) is 4.24. The van der Waals surface area contributed by atoms with Crippen molar-refractivity contribution in [1.29, 1.82) is 0 Å². The van der Waals surface area contributed by atoms with Crippen molar-refractivity contribution in [3.63, 3.8) is 0 Å². The van der Waals surface area contributed by atoms with Crippen molar-refractivity contribution >= 4 is 17.0 Å². The molecule has 0 aliphatic carbocycles. The van der Waals surface area contributed by atoms with Crippen molar-refractivity contribution in [1.82, 2.24) is 10.3 Å². The molecule has 4 nitrogen and oxygen atoms in total. The van der Waals surface area contributed by atoms with E-state index in [0.29, 0.717) is 36.9 Å². The highest BCUT2D eigenvalue weighted by Gasteiger charge is 2.27. The van der Waals surface area contributed by atoms with Crippen molar-refractivity contribution in [2.75, 3.05) is 13.2 Å². The molecular weight excluding hydrogens is 417 g/mol. The molecule has 3 aromatic rings. The number of nitrogens with one attached hydrogen (secondary N) is 1. The lowest BCUT2D eigenvalue weighted by atomic mass is 9.95. The minimum absolute atomic E-state index is 0.108. The molecule has 0 amide bonds. The molecule has 2 aromatic carbocycles. The van der Waals surface area contributed by atoms with Crippen molar-refractivity contribution in [2.24, 2.45) is 0 Å². The Morgan fingerprint density at radius 3 is 2.72 bits per heavy atom. The van der Waals surface area contributed by atoms with Crippen LogP contribution >= 0.6 is 0 Å². The van der Waals surface area contributed by atoms with Crippen molar-refractivity contribution in [3.05, 3.63) is 83.3 Å². The summed E-state index contributed by atoms with van der Waals surface area (Å²) in [6.45, 7) is 0.932. The number of rotatable bonds is 7. The Bertz CT molecular complexity index is 1100. The van der Waals surface area contributed by atoms with Gasteiger partial charge in [-0.05, 0) is 60.9 Å². The van der Waals surface area contributed by atoms with Crippen LogP contribution in [0.1, 0.15) is 24.0 Å². The van der Waals surface area contributed by atoms with Gasteiger partial charge in [0.05, 0.1) is 24.3 Å². The van der Waals surface area contributed by atoms with E-state index in [-0.39, 0.29) is 23.5 Å². The average molecular weight is 442 g/mol. The van der Waals surface area contributed by atoms with E-state index in [1.54, 1.807) is 30.5 Å². The molecule has 1 aliphatic rings. The quantitative estimate of drug-likeness (QED) is 0.569. The van der Waals surface area contributed by atoms with Gasteiger partial charge in [0.2, 0.25) is 0 Å². The number of halogens is 3. The summed E-state index contributed by atoms with van der Waals surface area (Å²) >= 11 is 0. The molecule has 1 fully saturated rings. The second-order valence-corrected chi connectivity index (χ2v) is 8.03. The number of aliphatic hydroxyl groups excluding tert-OH is 1. The van der Waals surface area contributed by atoms with Gasteiger partial charge in [0.1, 0.15) is 17.5 Å². The van der Waals surface area contributed by atoms with Crippen molar-refractivity contribution < 1.29 is 23.0 Å². The van der Waals surface area contributed by atoms with Gasteiger partial charge >= 0.3 is 0 Å². The van der Waals surface area contributed by atoms with Crippen LogP contribution in [0.5, 0.6) is 0 Å². The summed E-state index contributed by atoms with van der Waals surface area (Å²) in [7, 11) is 0. The van der Waals surface area contributed by atoms with Crippen LogP contribution < -0.4 is 5.32 Å². The minimum Gasteiger partial charge on any atom is -0.390 e. The zero-order valence-corrected chi connectivity index (χ0v) is 17.5. The summed E-state index contributed by atoms with van der Waals surface area (Å²) in [5.41, 5.74) is 1.73. The fourth-order valence-electron chi connectivity index (χ4n) is 4.01. The first kappa shape index (κ1) is 22.5. The molecule has 0 saturated carbocycles. The summed E-state index contributed by atoms with van der Waals surface area (Å²) < 4.78 is 46.4. The van der Waals surface area contributed by atoms with Crippen LogP contribution in [0.4, 0.5) is 13.2 Å². The van der Waals surface area contributed by atoms with Gasteiger partial charge in [-0.3, -0.25) is 4.98 Å².